The maximum atomic E-state index is 10.6. The quantitative estimate of drug-likeness (QED) is 0.776. The van der Waals surface area contributed by atoms with Crippen LogP contribution >= 0.6 is 0 Å². The number of nitrogens with two attached hydrogens (primary N) is 1. The number of carboxylic acids is 1. The van der Waals surface area contributed by atoms with Gasteiger partial charge in [-0.3, -0.25) is 9.69 Å². The summed E-state index contributed by atoms with van der Waals surface area (Å²) in [6.07, 6.45) is -0.0323. The van der Waals surface area contributed by atoms with E-state index < -0.39 is 12.0 Å². The molecule has 1 atom stereocenters. The first kappa shape index (κ1) is 14.7. The highest BCUT2D eigenvalue weighted by Crippen LogP contribution is 2.15. The molecule has 0 aliphatic carbocycles. The Kier molecular flexibility index (Phi) is 5.82. The van der Waals surface area contributed by atoms with Crippen molar-refractivity contribution >= 4 is 5.97 Å². The lowest BCUT2D eigenvalue weighted by Crippen LogP contribution is -2.22. The van der Waals surface area contributed by atoms with Gasteiger partial charge in [-0.15, -0.1) is 0 Å². The Hall–Kier alpha value is -1.39. The van der Waals surface area contributed by atoms with E-state index in [4.69, 9.17) is 10.8 Å². The average molecular weight is 250 g/mol. The van der Waals surface area contributed by atoms with Crippen molar-refractivity contribution in [1.29, 1.82) is 0 Å². The van der Waals surface area contributed by atoms with E-state index >= 15 is 0 Å². The molecular formula is C14H22N2O2. The molecule has 0 spiro atoms. The highest BCUT2D eigenvalue weighted by Gasteiger charge is 2.10. The normalized spacial score (nSPS) is 12.7. The molecule has 0 heterocycles. The summed E-state index contributed by atoms with van der Waals surface area (Å²) in [5.41, 5.74) is 7.91. The zero-order valence-electron chi connectivity index (χ0n) is 11.1. The monoisotopic (exact) mass is 250 g/mol. The van der Waals surface area contributed by atoms with Crippen molar-refractivity contribution in [2.24, 2.45) is 5.73 Å². The minimum absolute atomic E-state index is 0.0323. The molecule has 0 aliphatic rings. The van der Waals surface area contributed by atoms with Crippen LogP contribution in [0, 0.1) is 0 Å². The Bertz CT molecular complexity index is 372. The van der Waals surface area contributed by atoms with E-state index in [-0.39, 0.29) is 6.42 Å². The molecule has 100 valence electrons. The zero-order chi connectivity index (χ0) is 13.5. The summed E-state index contributed by atoms with van der Waals surface area (Å²) in [5, 5.41) is 8.70. The molecule has 0 bridgehead atoms. The summed E-state index contributed by atoms with van der Waals surface area (Å²) < 4.78 is 0. The fourth-order valence-corrected chi connectivity index (χ4v) is 1.88. The molecule has 0 aliphatic heterocycles. The maximum absolute atomic E-state index is 10.6. The lowest BCUT2D eigenvalue weighted by atomic mass is 10.0. The minimum Gasteiger partial charge on any atom is -0.481 e. The number of aliphatic carboxylic acids is 1. The molecule has 1 aromatic carbocycles. The number of rotatable bonds is 7. The second kappa shape index (κ2) is 7.13. The second-order valence-electron chi connectivity index (χ2n) is 4.41. The van der Waals surface area contributed by atoms with Crippen molar-refractivity contribution in [2.75, 3.05) is 13.1 Å². The molecule has 3 N–H and O–H groups in total. The first-order valence-electron chi connectivity index (χ1n) is 6.35. The van der Waals surface area contributed by atoms with Crippen molar-refractivity contribution in [1.82, 2.24) is 4.90 Å². The molecule has 18 heavy (non-hydrogen) atoms. The van der Waals surface area contributed by atoms with Gasteiger partial charge in [0, 0.05) is 12.6 Å². The van der Waals surface area contributed by atoms with Crippen LogP contribution in [0.15, 0.2) is 24.3 Å². The van der Waals surface area contributed by atoms with Crippen molar-refractivity contribution in [3.05, 3.63) is 35.4 Å². The molecule has 0 saturated carbocycles. The smallest absolute Gasteiger partial charge is 0.305 e. The van der Waals surface area contributed by atoms with Crippen molar-refractivity contribution < 1.29 is 9.90 Å². The number of carboxylic acid groups (broad SMARTS) is 1. The fourth-order valence-electron chi connectivity index (χ4n) is 1.88. The molecule has 1 aromatic rings. The van der Waals surface area contributed by atoms with Crippen LogP contribution in [0.2, 0.25) is 0 Å². The van der Waals surface area contributed by atoms with Gasteiger partial charge in [-0.1, -0.05) is 38.1 Å². The lowest BCUT2D eigenvalue weighted by molar-refractivity contribution is -0.137. The number of carbonyl (C=O) groups is 1. The Balaban J connectivity index is 2.64. The lowest BCUT2D eigenvalue weighted by Gasteiger charge is -2.18. The molecule has 0 radical (unpaired) electrons. The SMILES string of the molecule is CCN(CC)Cc1ccc(C(N)CC(=O)O)cc1. The topological polar surface area (TPSA) is 66.6 Å². The van der Waals surface area contributed by atoms with Crippen molar-refractivity contribution in [3.63, 3.8) is 0 Å². The predicted octanol–water partition coefficient (Wildman–Crippen LogP) is 2.00. The Morgan fingerprint density at radius 2 is 1.83 bits per heavy atom. The van der Waals surface area contributed by atoms with Crippen LogP contribution in [0.25, 0.3) is 0 Å². The average Bonchev–Trinajstić information content (AvgIpc) is 2.35. The van der Waals surface area contributed by atoms with E-state index in [2.05, 4.69) is 18.7 Å². The van der Waals surface area contributed by atoms with E-state index in [9.17, 15) is 4.79 Å². The van der Waals surface area contributed by atoms with E-state index in [1.54, 1.807) is 0 Å². The van der Waals surface area contributed by atoms with Gasteiger partial charge >= 0.3 is 5.97 Å². The summed E-state index contributed by atoms with van der Waals surface area (Å²) in [4.78, 5) is 12.9. The van der Waals surface area contributed by atoms with Gasteiger partial charge in [0.2, 0.25) is 0 Å². The molecular weight excluding hydrogens is 228 g/mol. The Morgan fingerprint density at radius 3 is 2.28 bits per heavy atom. The van der Waals surface area contributed by atoms with Crippen LogP contribution in [0.4, 0.5) is 0 Å². The van der Waals surface area contributed by atoms with Crippen LogP contribution < -0.4 is 5.73 Å². The molecule has 4 heteroatoms. The summed E-state index contributed by atoms with van der Waals surface area (Å²) >= 11 is 0. The standard InChI is InChI=1S/C14H22N2O2/c1-3-16(4-2)10-11-5-7-12(8-6-11)13(15)9-14(17)18/h5-8,13H,3-4,9-10,15H2,1-2H3,(H,17,18). The molecule has 1 rings (SSSR count). The van der Waals surface area contributed by atoms with Gasteiger partial charge < -0.3 is 10.8 Å². The third-order valence-corrected chi connectivity index (χ3v) is 3.10. The van der Waals surface area contributed by atoms with Crippen LogP contribution in [0.1, 0.15) is 37.4 Å². The number of benzene rings is 1. The van der Waals surface area contributed by atoms with E-state index in [1.807, 2.05) is 24.3 Å². The Labute approximate surface area is 108 Å². The number of nitrogens with zero attached hydrogens (tertiary/aromatic N) is 1. The van der Waals surface area contributed by atoms with Gasteiger partial charge in [0.25, 0.3) is 0 Å². The minimum atomic E-state index is -0.866. The molecule has 0 amide bonds. The van der Waals surface area contributed by atoms with E-state index in [1.165, 1.54) is 5.56 Å². The first-order valence-corrected chi connectivity index (χ1v) is 6.35. The van der Waals surface area contributed by atoms with Crippen molar-refractivity contribution in [2.45, 2.75) is 32.9 Å². The van der Waals surface area contributed by atoms with Gasteiger partial charge in [-0.05, 0) is 24.2 Å². The summed E-state index contributed by atoms with van der Waals surface area (Å²) in [7, 11) is 0. The van der Waals surface area contributed by atoms with E-state index in [0.29, 0.717) is 0 Å². The summed E-state index contributed by atoms with van der Waals surface area (Å²) in [5.74, 6) is -0.866. The molecule has 0 fully saturated rings. The predicted molar refractivity (Wildman–Crippen MR) is 72.2 cm³/mol. The number of hydrogen-bond acceptors (Lipinski definition) is 3. The fraction of sp³-hybridized carbons (Fsp3) is 0.500. The van der Waals surface area contributed by atoms with Gasteiger partial charge in [-0.25, -0.2) is 0 Å². The summed E-state index contributed by atoms with van der Waals surface area (Å²) in [6, 6.07) is 7.47. The zero-order valence-corrected chi connectivity index (χ0v) is 11.1. The second-order valence-corrected chi connectivity index (χ2v) is 4.41. The molecule has 0 saturated heterocycles. The van der Waals surface area contributed by atoms with Gasteiger partial charge in [-0.2, -0.15) is 0 Å². The molecule has 1 unspecified atom stereocenters. The van der Waals surface area contributed by atoms with Crippen molar-refractivity contribution in [3.8, 4) is 0 Å². The van der Waals surface area contributed by atoms with Gasteiger partial charge in [0.05, 0.1) is 6.42 Å². The first-order chi connectivity index (χ1) is 8.56. The van der Waals surface area contributed by atoms with Gasteiger partial charge in [0.1, 0.15) is 0 Å². The van der Waals surface area contributed by atoms with Crippen LogP contribution in [0.5, 0.6) is 0 Å². The molecule has 0 aromatic heterocycles. The highest BCUT2D eigenvalue weighted by molar-refractivity contribution is 5.67. The van der Waals surface area contributed by atoms with Crippen LogP contribution in [0.3, 0.4) is 0 Å². The third-order valence-electron chi connectivity index (χ3n) is 3.10. The number of hydrogen-bond donors (Lipinski definition) is 2. The molecule has 4 nitrogen and oxygen atoms in total. The van der Waals surface area contributed by atoms with Crippen LogP contribution in [-0.2, 0) is 11.3 Å². The maximum Gasteiger partial charge on any atom is 0.305 e. The van der Waals surface area contributed by atoms with Gasteiger partial charge in [0.15, 0.2) is 0 Å². The highest BCUT2D eigenvalue weighted by atomic mass is 16.4. The third kappa shape index (κ3) is 4.47. The largest absolute Gasteiger partial charge is 0.481 e. The van der Waals surface area contributed by atoms with E-state index in [0.717, 1.165) is 25.2 Å². The van der Waals surface area contributed by atoms with Crippen LogP contribution in [-0.4, -0.2) is 29.1 Å². The summed E-state index contributed by atoms with van der Waals surface area (Å²) in [6.45, 7) is 7.25. The Morgan fingerprint density at radius 1 is 1.28 bits per heavy atom.